The molecule has 2 aliphatic rings. The van der Waals surface area contributed by atoms with E-state index in [2.05, 4.69) is 10.3 Å². The average molecular weight is 280 g/mol. The Kier molecular flexibility index (Phi) is 3.25. The molecule has 0 radical (unpaired) electrons. The second-order valence-electron chi connectivity index (χ2n) is 5.84. The van der Waals surface area contributed by atoms with Crippen molar-refractivity contribution < 1.29 is 14.3 Å². The standard InChI is InChI=1S/C13H20N4O3/c1-13(2,19-3)12(18)16-5-4-11-10(7-16)17-9(8-20-11)6-14-15-17/h6,10-11H,4-5,7-8H2,1-3H3/t10-,11-/m0/s1. The molecule has 0 aliphatic carbocycles. The Morgan fingerprint density at radius 1 is 1.55 bits per heavy atom. The molecule has 3 heterocycles. The van der Waals surface area contributed by atoms with Crippen molar-refractivity contribution in [3.63, 3.8) is 0 Å². The molecule has 1 aromatic heterocycles. The highest BCUT2D eigenvalue weighted by Crippen LogP contribution is 2.31. The van der Waals surface area contributed by atoms with E-state index in [9.17, 15) is 4.79 Å². The van der Waals surface area contributed by atoms with Crippen LogP contribution in [-0.2, 0) is 20.9 Å². The molecule has 1 fully saturated rings. The van der Waals surface area contributed by atoms with Crippen LogP contribution in [0.3, 0.4) is 0 Å². The van der Waals surface area contributed by atoms with Crippen molar-refractivity contribution in [2.45, 2.75) is 44.6 Å². The van der Waals surface area contributed by atoms with E-state index in [1.807, 2.05) is 9.58 Å². The summed E-state index contributed by atoms with van der Waals surface area (Å²) in [6, 6.07) is 0.0478. The van der Waals surface area contributed by atoms with E-state index in [1.165, 1.54) is 0 Å². The van der Waals surface area contributed by atoms with Crippen LogP contribution in [0, 0.1) is 0 Å². The van der Waals surface area contributed by atoms with Crippen molar-refractivity contribution in [2.75, 3.05) is 20.2 Å². The fourth-order valence-corrected chi connectivity index (χ4v) is 2.83. The number of carbonyl (C=O) groups excluding carboxylic acids is 1. The first-order valence-corrected chi connectivity index (χ1v) is 6.88. The minimum Gasteiger partial charge on any atom is -0.370 e. The van der Waals surface area contributed by atoms with Crippen molar-refractivity contribution in [3.05, 3.63) is 11.9 Å². The number of piperidine rings is 1. The molecule has 0 N–H and O–H groups in total. The minimum absolute atomic E-state index is 0.00527. The summed E-state index contributed by atoms with van der Waals surface area (Å²) in [5.74, 6) is 0.00527. The van der Waals surface area contributed by atoms with E-state index in [4.69, 9.17) is 9.47 Å². The SMILES string of the molecule is COC(C)(C)C(=O)N1CC[C@@H]2OCc3cnnn3[C@H]2C1. The molecule has 0 saturated carbocycles. The van der Waals surface area contributed by atoms with Gasteiger partial charge in [-0.2, -0.15) is 0 Å². The molecular formula is C13H20N4O3. The van der Waals surface area contributed by atoms with E-state index in [1.54, 1.807) is 27.2 Å². The fourth-order valence-electron chi connectivity index (χ4n) is 2.83. The molecule has 2 atom stereocenters. The molecule has 1 amide bonds. The van der Waals surface area contributed by atoms with Gasteiger partial charge in [0.2, 0.25) is 0 Å². The van der Waals surface area contributed by atoms with Crippen molar-refractivity contribution >= 4 is 5.91 Å². The number of methoxy groups -OCH3 is 1. The number of hydrogen-bond donors (Lipinski definition) is 0. The average Bonchev–Trinajstić information content (AvgIpc) is 2.94. The van der Waals surface area contributed by atoms with Crippen LogP contribution in [-0.4, -0.2) is 57.7 Å². The van der Waals surface area contributed by atoms with Gasteiger partial charge < -0.3 is 14.4 Å². The van der Waals surface area contributed by atoms with E-state index < -0.39 is 5.60 Å². The molecule has 2 aliphatic heterocycles. The lowest BCUT2D eigenvalue weighted by atomic mass is 9.98. The maximum absolute atomic E-state index is 12.5. The topological polar surface area (TPSA) is 69.5 Å². The van der Waals surface area contributed by atoms with Gasteiger partial charge in [-0.15, -0.1) is 5.10 Å². The van der Waals surface area contributed by atoms with E-state index in [0.717, 1.165) is 12.1 Å². The van der Waals surface area contributed by atoms with Crippen LogP contribution < -0.4 is 0 Å². The predicted molar refractivity (Wildman–Crippen MR) is 69.9 cm³/mol. The summed E-state index contributed by atoms with van der Waals surface area (Å²) in [4.78, 5) is 14.3. The molecular weight excluding hydrogens is 260 g/mol. The highest BCUT2D eigenvalue weighted by atomic mass is 16.5. The zero-order valence-corrected chi connectivity index (χ0v) is 12.1. The van der Waals surface area contributed by atoms with E-state index >= 15 is 0 Å². The van der Waals surface area contributed by atoms with Crippen molar-refractivity contribution in [1.29, 1.82) is 0 Å². The molecule has 1 aromatic rings. The smallest absolute Gasteiger partial charge is 0.254 e. The van der Waals surface area contributed by atoms with Crippen molar-refractivity contribution in [3.8, 4) is 0 Å². The number of likely N-dealkylation sites (tertiary alicyclic amines) is 1. The van der Waals surface area contributed by atoms with Crippen LogP contribution in [0.5, 0.6) is 0 Å². The van der Waals surface area contributed by atoms with Gasteiger partial charge in [0.1, 0.15) is 5.60 Å². The number of nitrogens with zero attached hydrogens (tertiary/aromatic N) is 4. The summed E-state index contributed by atoms with van der Waals surface area (Å²) in [6.07, 6.45) is 2.64. The Bertz CT molecular complexity index is 513. The van der Waals surface area contributed by atoms with E-state index in [0.29, 0.717) is 19.7 Å². The van der Waals surface area contributed by atoms with Gasteiger partial charge in [0.15, 0.2) is 0 Å². The van der Waals surface area contributed by atoms with Gasteiger partial charge in [0.05, 0.1) is 30.6 Å². The second-order valence-corrected chi connectivity index (χ2v) is 5.84. The molecule has 20 heavy (non-hydrogen) atoms. The Balaban J connectivity index is 1.80. The summed E-state index contributed by atoms with van der Waals surface area (Å²) in [7, 11) is 1.56. The van der Waals surface area contributed by atoms with Gasteiger partial charge in [0, 0.05) is 20.2 Å². The highest BCUT2D eigenvalue weighted by molar-refractivity contribution is 5.84. The molecule has 7 nitrogen and oxygen atoms in total. The number of amides is 1. The number of aromatic nitrogens is 3. The van der Waals surface area contributed by atoms with Gasteiger partial charge in [-0.25, -0.2) is 4.68 Å². The zero-order valence-electron chi connectivity index (χ0n) is 12.1. The van der Waals surface area contributed by atoms with Gasteiger partial charge in [-0.1, -0.05) is 5.21 Å². The maximum Gasteiger partial charge on any atom is 0.254 e. The predicted octanol–water partition coefficient (Wildman–Crippen LogP) is 0.375. The third kappa shape index (κ3) is 2.10. The van der Waals surface area contributed by atoms with Crippen LogP contribution in [0.15, 0.2) is 6.20 Å². The van der Waals surface area contributed by atoms with E-state index in [-0.39, 0.29) is 18.1 Å². The number of ether oxygens (including phenoxy) is 2. The van der Waals surface area contributed by atoms with Crippen LogP contribution >= 0.6 is 0 Å². The molecule has 0 bridgehead atoms. The van der Waals surface area contributed by atoms with Crippen LogP contribution in [0.1, 0.15) is 32.0 Å². The lowest BCUT2D eigenvalue weighted by Gasteiger charge is -2.42. The monoisotopic (exact) mass is 280 g/mol. The third-order valence-electron chi connectivity index (χ3n) is 4.24. The molecule has 0 aromatic carbocycles. The highest BCUT2D eigenvalue weighted by Gasteiger charge is 2.41. The molecule has 110 valence electrons. The maximum atomic E-state index is 12.5. The van der Waals surface area contributed by atoms with Crippen molar-refractivity contribution in [1.82, 2.24) is 19.9 Å². The van der Waals surface area contributed by atoms with Gasteiger partial charge in [0.25, 0.3) is 5.91 Å². The molecule has 0 spiro atoms. The minimum atomic E-state index is -0.798. The Hall–Kier alpha value is -1.47. The number of hydrogen-bond acceptors (Lipinski definition) is 5. The summed E-state index contributed by atoms with van der Waals surface area (Å²) < 4.78 is 13.0. The third-order valence-corrected chi connectivity index (χ3v) is 4.24. The van der Waals surface area contributed by atoms with Crippen LogP contribution in [0.4, 0.5) is 0 Å². The molecule has 1 saturated heterocycles. The summed E-state index contributed by atoms with van der Waals surface area (Å²) in [5, 5.41) is 8.07. The number of fused-ring (bicyclic) bond motifs is 3. The van der Waals surface area contributed by atoms with Gasteiger partial charge >= 0.3 is 0 Å². The summed E-state index contributed by atoms with van der Waals surface area (Å²) in [6.45, 7) is 5.41. The second kappa shape index (κ2) is 4.82. The van der Waals surface area contributed by atoms with Crippen LogP contribution in [0.2, 0.25) is 0 Å². The Morgan fingerprint density at radius 2 is 2.35 bits per heavy atom. The zero-order chi connectivity index (χ0) is 14.3. The Morgan fingerprint density at radius 3 is 3.10 bits per heavy atom. The van der Waals surface area contributed by atoms with Crippen molar-refractivity contribution in [2.24, 2.45) is 0 Å². The first-order chi connectivity index (χ1) is 9.53. The Labute approximate surface area is 117 Å². The number of carbonyl (C=O) groups is 1. The lowest BCUT2D eigenvalue weighted by Crippen LogP contribution is -2.54. The summed E-state index contributed by atoms with van der Waals surface area (Å²) >= 11 is 0. The molecule has 3 rings (SSSR count). The fraction of sp³-hybridized carbons (Fsp3) is 0.769. The molecule has 7 heteroatoms. The largest absolute Gasteiger partial charge is 0.370 e. The summed E-state index contributed by atoms with van der Waals surface area (Å²) in [5.41, 5.74) is 0.166. The first kappa shape index (κ1) is 13.5. The van der Waals surface area contributed by atoms with Crippen LogP contribution in [0.25, 0.3) is 0 Å². The first-order valence-electron chi connectivity index (χ1n) is 6.88. The quantitative estimate of drug-likeness (QED) is 0.783. The lowest BCUT2D eigenvalue weighted by molar-refractivity contribution is -0.157. The number of rotatable bonds is 2. The molecule has 0 unspecified atom stereocenters. The normalized spacial score (nSPS) is 26.1. The van der Waals surface area contributed by atoms with Gasteiger partial charge in [-0.3, -0.25) is 4.79 Å². The van der Waals surface area contributed by atoms with Gasteiger partial charge in [-0.05, 0) is 20.3 Å².